The largest absolute Gasteiger partial charge is 0.207 e. The van der Waals surface area contributed by atoms with Crippen LogP contribution in [0.2, 0.25) is 0 Å². The first kappa shape index (κ1) is 13.7. The second-order valence-electron chi connectivity index (χ2n) is 4.67. The van der Waals surface area contributed by atoms with Crippen molar-refractivity contribution in [1.29, 1.82) is 0 Å². The van der Waals surface area contributed by atoms with Gasteiger partial charge in [0.05, 0.1) is 4.83 Å². The van der Waals surface area contributed by atoms with Crippen LogP contribution in [0.4, 0.5) is 8.78 Å². The Labute approximate surface area is 128 Å². The third-order valence-corrected chi connectivity index (χ3v) is 5.30. The molecule has 4 heteroatoms. The third kappa shape index (κ3) is 2.27. The number of alkyl halides is 1. The molecule has 1 atom stereocenters. The molecule has 20 heavy (non-hydrogen) atoms. The van der Waals surface area contributed by atoms with Crippen LogP contribution in [0.5, 0.6) is 0 Å². The number of aryl methyl sites for hydroxylation is 1. The smallest absolute Gasteiger partial charge is 0.130 e. The molecule has 0 spiro atoms. The zero-order valence-electron chi connectivity index (χ0n) is 10.7. The fourth-order valence-corrected chi connectivity index (χ4v) is 4.13. The first-order valence-electron chi connectivity index (χ1n) is 6.13. The van der Waals surface area contributed by atoms with Crippen molar-refractivity contribution < 1.29 is 8.78 Å². The molecular weight excluding hydrogens is 342 g/mol. The second kappa shape index (κ2) is 5.26. The van der Waals surface area contributed by atoms with Crippen molar-refractivity contribution >= 4 is 37.4 Å². The molecule has 0 fully saturated rings. The Morgan fingerprint density at radius 3 is 2.60 bits per heavy atom. The number of hydrogen-bond donors (Lipinski definition) is 0. The minimum absolute atomic E-state index is 0.280. The molecule has 2 aromatic carbocycles. The van der Waals surface area contributed by atoms with E-state index in [-0.39, 0.29) is 4.83 Å². The molecule has 0 amide bonds. The predicted molar refractivity (Wildman–Crippen MR) is 83.7 cm³/mol. The van der Waals surface area contributed by atoms with Gasteiger partial charge in [-0.1, -0.05) is 34.1 Å². The molecule has 0 radical (unpaired) electrons. The van der Waals surface area contributed by atoms with Crippen LogP contribution in [0.1, 0.15) is 21.5 Å². The van der Waals surface area contributed by atoms with Crippen molar-refractivity contribution in [3.05, 3.63) is 70.1 Å². The molecule has 0 N–H and O–H groups in total. The molecule has 0 nitrogen and oxygen atoms in total. The summed E-state index contributed by atoms with van der Waals surface area (Å²) in [6.07, 6.45) is 0. The van der Waals surface area contributed by atoms with Gasteiger partial charge in [0.15, 0.2) is 0 Å². The van der Waals surface area contributed by atoms with E-state index in [2.05, 4.69) is 15.9 Å². The first-order chi connectivity index (χ1) is 9.58. The molecule has 3 aromatic rings. The highest BCUT2D eigenvalue weighted by Gasteiger charge is 2.19. The molecule has 102 valence electrons. The molecule has 0 bridgehead atoms. The molecule has 1 unspecified atom stereocenters. The Kier molecular flexibility index (Phi) is 3.61. The summed E-state index contributed by atoms with van der Waals surface area (Å²) < 4.78 is 28.5. The number of rotatable bonds is 2. The van der Waals surface area contributed by atoms with Gasteiger partial charge in [-0.2, -0.15) is 0 Å². The van der Waals surface area contributed by atoms with Crippen LogP contribution in [0.15, 0.2) is 41.8 Å². The van der Waals surface area contributed by atoms with Crippen LogP contribution in [0.3, 0.4) is 0 Å². The van der Waals surface area contributed by atoms with Gasteiger partial charge in [0, 0.05) is 16.3 Å². The molecule has 1 heterocycles. The van der Waals surface area contributed by atoms with Gasteiger partial charge in [-0.3, -0.25) is 0 Å². The van der Waals surface area contributed by atoms with Crippen LogP contribution in [-0.2, 0) is 0 Å². The number of halogens is 3. The average molecular weight is 353 g/mol. The number of hydrogen-bond acceptors (Lipinski definition) is 1. The zero-order valence-corrected chi connectivity index (χ0v) is 13.1. The standard InChI is InChI=1S/C16H11BrF2S/c1-9-6-11(14(19)7-13(9)18)16(17)12-8-20-15-5-3-2-4-10(12)15/h2-8,16H,1H3. The van der Waals surface area contributed by atoms with E-state index in [9.17, 15) is 8.78 Å². The summed E-state index contributed by atoms with van der Waals surface area (Å²) in [7, 11) is 0. The predicted octanol–water partition coefficient (Wildman–Crippen LogP) is 5.97. The summed E-state index contributed by atoms with van der Waals surface area (Å²) >= 11 is 5.17. The second-order valence-corrected chi connectivity index (χ2v) is 6.50. The van der Waals surface area contributed by atoms with Crippen LogP contribution in [-0.4, -0.2) is 0 Å². The summed E-state index contributed by atoms with van der Waals surface area (Å²) in [5.74, 6) is -1.04. The number of fused-ring (bicyclic) bond motifs is 1. The van der Waals surface area contributed by atoms with Crippen molar-refractivity contribution in [3.63, 3.8) is 0 Å². The Morgan fingerprint density at radius 1 is 1.05 bits per heavy atom. The number of benzene rings is 2. The molecule has 0 saturated carbocycles. The normalized spacial score (nSPS) is 12.8. The van der Waals surface area contributed by atoms with Crippen molar-refractivity contribution in [2.24, 2.45) is 0 Å². The molecule has 0 aliphatic rings. The maximum Gasteiger partial charge on any atom is 0.130 e. The van der Waals surface area contributed by atoms with E-state index < -0.39 is 11.6 Å². The van der Waals surface area contributed by atoms with E-state index >= 15 is 0 Å². The van der Waals surface area contributed by atoms with Gasteiger partial charge in [0.25, 0.3) is 0 Å². The van der Waals surface area contributed by atoms with Gasteiger partial charge < -0.3 is 0 Å². The number of thiophene rings is 1. The topological polar surface area (TPSA) is 0 Å². The quantitative estimate of drug-likeness (QED) is 0.498. The van der Waals surface area contributed by atoms with Gasteiger partial charge in [-0.05, 0) is 40.9 Å². The highest BCUT2D eigenvalue weighted by Crippen LogP contribution is 2.39. The summed E-state index contributed by atoms with van der Waals surface area (Å²) in [4.78, 5) is -0.280. The lowest BCUT2D eigenvalue weighted by Gasteiger charge is -2.12. The highest BCUT2D eigenvalue weighted by atomic mass is 79.9. The minimum Gasteiger partial charge on any atom is -0.207 e. The molecule has 0 aliphatic heterocycles. The van der Waals surface area contributed by atoms with E-state index in [4.69, 9.17) is 0 Å². The van der Waals surface area contributed by atoms with E-state index in [1.165, 1.54) is 0 Å². The Morgan fingerprint density at radius 2 is 1.80 bits per heavy atom. The lowest BCUT2D eigenvalue weighted by molar-refractivity contribution is 0.569. The Hall–Kier alpha value is -1.26. The first-order valence-corrected chi connectivity index (χ1v) is 7.93. The molecular formula is C16H11BrF2S. The summed E-state index contributed by atoms with van der Waals surface area (Å²) in [6, 6.07) is 10.5. The Bertz CT molecular complexity index is 779. The van der Waals surface area contributed by atoms with Gasteiger partial charge in [-0.15, -0.1) is 11.3 Å². The zero-order chi connectivity index (χ0) is 14.3. The third-order valence-electron chi connectivity index (χ3n) is 3.33. The van der Waals surface area contributed by atoms with Crippen LogP contribution in [0, 0.1) is 18.6 Å². The van der Waals surface area contributed by atoms with Crippen LogP contribution < -0.4 is 0 Å². The van der Waals surface area contributed by atoms with Crippen molar-refractivity contribution in [2.45, 2.75) is 11.8 Å². The summed E-state index contributed by atoms with van der Waals surface area (Å²) in [5.41, 5.74) is 1.92. The lowest BCUT2D eigenvalue weighted by Crippen LogP contribution is -1.98. The molecule has 0 saturated heterocycles. The highest BCUT2D eigenvalue weighted by molar-refractivity contribution is 9.09. The van der Waals surface area contributed by atoms with E-state index in [1.807, 2.05) is 29.6 Å². The van der Waals surface area contributed by atoms with Crippen LogP contribution in [0.25, 0.3) is 10.1 Å². The lowest BCUT2D eigenvalue weighted by atomic mass is 10.0. The van der Waals surface area contributed by atoms with Gasteiger partial charge in [0.2, 0.25) is 0 Å². The van der Waals surface area contributed by atoms with Crippen molar-refractivity contribution in [3.8, 4) is 0 Å². The monoisotopic (exact) mass is 352 g/mol. The summed E-state index contributed by atoms with van der Waals surface area (Å²) in [5, 5.41) is 3.11. The fourth-order valence-electron chi connectivity index (χ4n) is 2.24. The summed E-state index contributed by atoms with van der Waals surface area (Å²) in [6.45, 7) is 1.64. The van der Waals surface area contributed by atoms with Gasteiger partial charge >= 0.3 is 0 Å². The van der Waals surface area contributed by atoms with E-state index in [1.54, 1.807) is 24.3 Å². The molecule has 0 aliphatic carbocycles. The maximum atomic E-state index is 14.0. The SMILES string of the molecule is Cc1cc(C(Br)c2csc3ccccc23)c(F)cc1F. The van der Waals surface area contributed by atoms with Gasteiger partial charge in [0.1, 0.15) is 11.6 Å². The van der Waals surface area contributed by atoms with Crippen molar-refractivity contribution in [1.82, 2.24) is 0 Å². The maximum absolute atomic E-state index is 14.0. The van der Waals surface area contributed by atoms with Crippen molar-refractivity contribution in [2.75, 3.05) is 0 Å². The van der Waals surface area contributed by atoms with E-state index in [0.29, 0.717) is 11.1 Å². The Balaban J connectivity index is 2.13. The van der Waals surface area contributed by atoms with E-state index in [0.717, 1.165) is 21.7 Å². The fraction of sp³-hybridized carbons (Fsp3) is 0.125. The van der Waals surface area contributed by atoms with Gasteiger partial charge in [-0.25, -0.2) is 8.78 Å². The average Bonchev–Trinajstić information content (AvgIpc) is 2.86. The van der Waals surface area contributed by atoms with Crippen LogP contribution >= 0.6 is 27.3 Å². The molecule has 3 rings (SSSR count). The minimum atomic E-state index is -0.523. The molecule has 1 aromatic heterocycles.